The van der Waals surface area contributed by atoms with E-state index in [-0.39, 0.29) is 5.91 Å². The van der Waals surface area contributed by atoms with Gasteiger partial charge in [0.15, 0.2) is 5.82 Å². The second-order valence-corrected chi connectivity index (χ2v) is 7.63. The molecule has 0 spiro atoms. The molecule has 0 aliphatic rings. The molecule has 152 valence electrons. The van der Waals surface area contributed by atoms with Crippen LogP contribution in [0.15, 0.2) is 66.9 Å². The number of nitrogens with zero attached hydrogens (tertiary/aromatic N) is 4. The number of benzene rings is 2. The number of carbonyl (C=O) groups is 1. The van der Waals surface area contributed by atoms with Gasteiger partial charge < -0.3 is 5.32 Å². The van der Waals surface area contributed by atoms with E-state index in [1.54, 1.807) is 10.7 Å². The zero-order chi connectivity index (χ0) is 21.1. The first-order valence-electron chi connectivity index (χ1n) is 9.66. The molecule has 0 atom stereocenters. The number of aryl methyl sites for hydroxylation is 2. The van der Waals surface area contributed by atoms with Crippen molar-refractivity contribution in [2.75, 3.05) is 5.32 Å². The van der Waals surface area contributed by atoms with Crippen LogP contribution in [-0.4, -0.2) is 25.5 Å². The van der Waals surface area contributed by atoms with Gasteiger partial charge in [-0.25, -0.2) is 0 Å². The highest BCUT2D eigenvalue weighted by Crippen LogP contribution is 2.17. The molecule has 0 aliphatic carbocycles. The lowest BCUT2D eigenvalue weighted by molar-refractivity contribution is 0.102. The van der Waals surface area contributed by atoms with Crippen molar-refractivity contribution in [2.24, 2.45) is 0 Å². The van der Waals surface area contributed by atoms with E-state index < -0.39 is 0 Å². The zero-order valence-corrected chi connectivity index (χ0v) is 17.6. The SMILES string of the molecule is Cc1cc(C)n(Cc2ccc(C(=O)Nc3ccn(Cc4ccccc4Cl)n3)cc2)n1. The summed E-state index contributed by atoms with van der Waals surface area (Å²) in [5.41, 5.74) is 4.74. The van der Waals surface area contributed by atoms with Crippen LogP contribution in [0.2, 0.25) is 5.02 Å². The van der Waals surface area contributed by atoms with Gasteiger partial charge in [-0.3, -0.25) is 14.2 Å². The number of aromatic nitrogens is 4. The number of halogens is 1. The standard InChI is InChI=1S/C23H22ClN5O/c1-16-13-17(2)29(26-16)14-18-7-9-19(10-8-18)23(30)25-22-11-12-28(27-22)15-20-5-3-4-6-21(20)24/h3-13H,14-15H2,1-2H3,(H,25,27,30). The summed E-state index contributed by atoms with van der Waals surface area (Å²) in [7, 11) is 0. The summed E-state index contributed by atoms with van der Waals surface area (Å²) in [5.74, 6) is 0.300. The Morgan fingerprint density at radius 2 is 1.77 bits per heavy atom. The largest absolute Gasteiger partial charge is 0.305 e. The highest BCUT2D eigenvalue weighted by atomic mass is 35.5. The molecule has 2 heterocycles. The average Bonchev–Trinajstić information content (AvgIpc) is 3.29. The van der Waals surface area contributed by atoms with Crippen molar-refractivity contribution in [1.29, 1.82) is 0 Å². The Balaban J connectivity index is 1.39. The first kappa shape index (κ1) is 19.9. The maximum atomic E-state index is 12.6. The Bertz CT molecular complexity index is 1180. The molecule has 0 fully saturated rings. The molecule has 0 bridgehead atoms. The van der Waals surface area contributed by atoms with Gasteiger partial charge in [-0.05, 0) is 49.2 Å². The fourth-order valence-corrected chi connectivity index (χ4v) is 3.47. The van der Waals surface area contributed by atoms with E-state index in [0.29, 0.717) is 29.5 Å². The minimum Gasteiger partial charge on any atom is -0.305 e. The van der Waals surface area contributed by atoms with Crippen molar-refractivity contribution in [2.45, 2.75) is 26.9 Å². The van der Waals surface area contributed by atoms with Gasteiger partial charge >= 0.3 is 0 Å². The molecule has 0 aliphatic heterocycles. The van der Waals surface area contributed by atoms with Crippen LogP contribution < -0.4 is 5.32 Å². The van der Waals surface area contributed by atoms with Crippen molar-refractivity contribution < 1.29 is 4.79 Å². The molecular weight excluding hydrogens is 398 g/mol. The van der Waals surface area contributed by atoms with Gasteiger partial charge in [0.2, 0.25) is 0 Å². The van der Waals surface area contributed by atoms with Crippen LogP contribution >= 0.6 is 11.6 Å². The Morgan fingerprint density at radius 1 is 1.00 bits per heavy atom. The second-order valence-electron chi connectivity index (χ2n) is 7.23. The maximum Gasteiger partial charge on any atom is 0.256 e. The molecule has 0 radical (unpaired) electrons. The van der Waals surface area contributed by atoms with Gasteiger partial charge in [-0.1, -0.05) is 41.9 Å². The predicted molar refractivity (Wildman–Crippen MR) is 118 cm³/mol. The van der Waals surface area contributed by atoms with E-state index in [4.69, 9.17) is 11.6 Å². The summed E-state index contributed by atoms with van der Waals surface area (Å²) >= 11 is 6.20. The fourth-order valence-electron chi connectivity index (χ4n) is 3.28. The van der Waals surface area contributed by atoms with Crippen LogP contribution in [0.25, 0.3) is 0 Å². The van der Waals surface area contributed by atoms with Crippen LogP contribution in [0.5, 0.6) is 0 Å². The number of hydrogen-bond donors (Lipinski definition) is 1. The average molecular weight is 420 g/mol. The smallest absolute Gasteiger partial charge is 0.256 e. The number of nitrogens with one attached hydrogen (secondary N) is 1. The fraction of sp³-hybridized carbons (Fsp3) is 0.174. The summed E-state index contributed by atoms with van der Waals surface area (Å²) < 4.78 is 3.70. The van der Waals surface area contributed by atoms with Crippen molar-refractivity contribution in [3.8, 4) is 0 Å². The Labute approximate surface area is 180 Å². The summed E-state index contributed by atoms with van der Waals surface area (Å²) in [4.78, 5) is 12.6. The quantitative estimate of drug-likeness (QED) is 0.492. The molecule has 1 amide bonds. The predicted octanol–water partition coefficient (Wildman–Crippen LogP) is 4.70. The van der Waals surface area contributed by atoms with E-state index in [1.807, 2.05) is 79.3 Å². The zero-order valence-electron chi connectivity index (χ0n) is 16.8. The summed E-state index contributed by atoms with van der Waals surface area (Å²) in [6, 6.07) is 19.0. The van der Waals surface area contributed by atoms with Crippen LogP contribution in [0.1, 0.15) is 32.9 Å². The molecule has 4 rings (SSSR count). The monoisotopic (exact) mass is 419 g/mol. The van der Waals surface area contributed by atoms with Crippen LogP contribution in [0.4, 0.5) is 5.82 Å². The normalized spacial score (nSPS) is 10.9. The number of carbonyl (C=O) groups excluding carboxylic acids is 1. The van der Waals surface area contributed by atoms with Gasteiger partial charge in [0, 0.05) is 28.5 Å². The molecule has 0 unspecified atom stereocenters. The van der Waals surface area contributed by atoms with E-state index in [2.05, 4.69) is 15.5 Å². The minimum atomic E-state index is -0.198. The van der Waals surface area contributed by atoms with E-state index in [1.165, 1.54) is 0 Å². The van der Waals surface area contributed by atoms with Crippen LogP contribution in [0.3, 0.4) is 0 Å². The topological polar surface area (TPSA) is 64.7 Å². The second kappa shape index (κ2) is 8.55. The highest BCUT2D eigenvalue weighted by molar-refractivity contribution is 6.31. The first-order valence-corrected chi connectivity index (χ1v) is 10.0. The van der Waals surface area contributed by atoms with Gasteiger partial charge in [-0.2, -0.15) is 10.2 Å². The lowest BCUT2D eigenvalue weighted by Crippen LogP contribution is -2.13. The third-order valence-corrected chi connectivity index (χ3v) is 5.19. The van der Waals surface area contributed by atoms with Crippen LogP contribution in [0, 0.1) is 13.8 Å². The highest BCUT2D eigenvalue weighted by Gasteiger charge is 2.10. The summed E-state index contributed by atoms with van der Waals surface area (Å²) in [5, 5.41) is 12.4. The molecule has 6 nitrogen and oxygen atoms in total. The molecule has 0 saturated heterocycles. The molecule has 7 heteroatoms. The van der Waals surface area contributed by atoms with Crippen molar-refractivity contribution in [1.82, 2.24) is 19.6 Å². The third-order valence-electron chi connectivity index (χ3n) is 4.82. The number of amides is 1. The molecule has 2 aromatic carbocycles. The number of anilines is 1. The molecule has 4 aromatic rings. The van der Waals surface area contributed by atoms with E-state index in [9.17, 15) is 4.79 Å². The van der Waals surface area contributed by atoms with Gasteiger partial charge in [-0.15, -0.1) is 0 Å². The molecular formula is C23H22ClN5O. The van der Waals surface area contributed by atoms with Crippen molar-refractivity contribution >= 4 is 23.3 Å². The molecule has 30 heavy (non-hydrogen) atoms. The van der Waals surface area contributed by atoms with Gasteiger partial charge in [0.05, 0.1) is 18.8 Å². The van der Waals surface area contributed by atoms with E-state index >= 15 is 0 Å². The molecule has 2 aromatic heterocycles. The van der Waals surface area contributed by atoms with Gasteiger partial charge in [0.25, 0.3) is 5.91 Å². The van der Waals surface area contributed by atoms with Crippen molar-refractivity contribution in [3.63, 3.8) is 0 Å². The number of rotatable bonds is 6. The van der Waals surface area contributed by atoms with E-state index in [0.717, 1.165) is 22.5 Å². The van der Waals surface area contributed by atoms with Crippen LogP contribution in [-0.2, 0) is 13.1 Å². The Morgan fingerprint density at radius 3 is 2.47 bits per heavy atom. The first-order chi connectivity index (χ1) is 14.5. The molecule has 0 saturated carbocycles. The molecule has 1 N–H and O–H groups in total. The minimum absolute atomic E-state index is 0.198. The summed E-state index contributed by atoms with van der Waals surface area (Å²) in [6.07, 6.45) is 1.82. The lowest BCUT2D eigenvalue weighted by atomic mass is 10.1. The Kier molecular flexibility index (Phi) is 5.68. The maximum absolute atomic E-state index is 12.6. The van der Waals surface area contributed by atoms with Crippen molar-refractivity contribution in [3.05, 3.63) is 100.0 Å². The third kappa shape index (κ3) is 4.60. The number of hydrogen-bond acceptors (Lipinski definition) is 3. The Hall–Kier alpha value is -3.38. The van der Waals surface area contributed by atoms with Gasteiger partial charge in [0.1, 0.15) is 0 Å². The summed E-state index contributed by atoms with van der Waals surface area (Å²) in [6.45, 7) is 5.23. The lowest BCUT2D eigenvalue weighted by Gasteiger charge is -2.07.